The van der Waals surface area contributed by atoms with E-state index in [-0.39, 0.29) is 13.2 Å². The molecule has 0 aliphatic heterocycles. The number of hydrogen-bond acceptors (Lipinski definition) is 4. The van der Waals surface area contributed by atoms with E-state index in [1.807, 2.05) is 24.3 Å². The van der Waals surface area contributed by atoms with E-state index in [1.165, 1.54) is 12.1 Å². The maximum atomic E-state index is 9.20. The predicted octanol–water partition coefficient (Wildman–Crippen LogP) is 2.80. The molecule has 1 aromatic rings. The van der Waals surface area contributed by atoms with Gasteiger partial charge in [-0.15, -0.1) is 0 Å². The lowest BCUT2D eigenvalue weighted by Crippen LogP contribution is -2.47. The molecule has 23 heavy (non-hydrogen) atoms. The zero-order valence-electron chi connectivity index (χ0n) is 14.8. The van der Waals surface area contributed by atoms with Crippen molar-refractivity contribution in [1.82, 2.24) is 0 Å². The summed E-state index contributed by atoms with van der Waals surface area (Å²) in [6, 6.07) is 10.6. The maximum Gasteiger partial charge on any atom is 0.119 e. The van der Waals surface area contributed by atoms with Crippen molar-refractivity contribution in [1.29, 1.82) is 0 Å². The molecule has 0 amide bonds. The number of aliphatic hydroxyl groups excluding tert-OH is 2. The van der Waals surface area contributed by atoms with Crippen LogP contribution in [0.4, 0.5) is 0 Å². The molecule has 5 heteroatoms. The first-order chi connectivity index (χ1) is 10.8. The monoisotopic (exact) mass is 339 g/mol. The molecule has 0 spiro atoms. The number of hydrogen-bond donors (Lipinski definition) is 3. The summed E-state index contributed by atoms with van der Waals surface area (Å²) in [5.74, 6) is 0.896. The van der Waals surface area contributed by atoms with Crippen molar-refractivity contribution in [3.05, 3.63) is 29.8 Å². The van der Waals surface area contributed by atoms with Gasteiger partial charge >= 0.3 is 0 Å². The molecule has 1 aromatic carbocycles. The lowest BCUT2D eigenvalue weighted by atomic mass is 9.94. The third-order valence-corrected chi connectivity index (χ3v) is 8.31. The van der Waals surface area contributed by atoms with Gasteiger partial charge in [0.15, 0.2) is 0 Å². The van der Waals surface area contributed by atoms with Crippen LogP contribution in [0.25, 0.3) is 0 Å². The maximum absolute atomic E-state index is 9.20. The van der Waals surface area contributed by atoms with E-state index in [9.17, 15) is 10.2 Å². The van der Waals surface area contributed by atoms with E-state index >= 15 is 0 Å². The van der Waals surface area contributed by atoms with Crippen LogP contribution in [0.3, 0.4) is 0 Å². The summed E-state index contributed by atoms with van der Waals surface area (Å²) in [5, 5.41) is 18.4. The second-order valence-electron chi connectivity index (χ2n) is 7.29. The number of aliphatic hydroxyl groups is 2. The summed E-state index contributed by atoms with van der Waals surface area (Å²) >= 11 is 0. The van der Waals surface area contributed by atoms with Gasteiger partial charge in [0.1, 0.15) is 5.75 Å². The van der Waals surface area contributed by atoms with E-state index < -0.39 is 13.6 Å². The number of rotatable bonds is 11. The molecule has 4 N–H and O–H groups in total. The summed E-state index contributed by atoms with van der Waals surface area (Å²) < 4.78 is 5.81. The Morgan fingerprint density at radius 1 is 1.13 bits per heavy atom. The molecular weight excluding hydrogens is 306 g/mol. The number of ether oxygens (including phenoxy) is 1. The van der Waals surface area contributed by atoms with E-state index in [1.54, 1.807) is 0 Å². The SMILES string of the molecule is CC[Si](C)(C)CCCOc1ccc(CCC(N)(CO)CO)cc1. The van der Waals surface area contributed by atoms with Gasteiger partial charge in [-0.1, -0.05) is 44.2 Å². The van der Waals surface area contributed by atoms with Crippen LogP contribution in [0, 0.1) is 0 Å². The first-order valence-corrected chi connectivity index (χ1v) is 12.0. The molecule has 132 valence electrons. The molecule has 0 saturated heterocycles. The molecular formula is C18H33NO3Si. The van der Waals surface area contributed by atoms with Crippen LogP contribution in [-0.2, 0) is 6.42 Å². The van der Waals surface area contributed by atoms with Crippen molar-refractivity contribution in [3.63, 3.8) is 0 Å². The third kappa shape index (κ3) is 7.48. The smallest absolute Gasteiger partial charge is 0.119 e. The summed E-state index contributed by atoms with van der Waals surface area (Å²) in [6.07, 6.45) is 2.41. The van der Waals surface area contributed by atoms with E-state index in [0.717, 1.165) is 30.8 Å². The van der Waals surface area contributed by atoms with E-state index in [4.69, 9.17) is 10.5 Å². The molecule has 0 bridgehead atoms. The molecule has 0 fully saturated rings. The van der Waals surface area contributed by atoms with Gasteiger partial charge in [0.05, 0.1) is 25.4 Å². The fourth-order valence-electron chi connectivity index (χ4n) is 2.27. The van der Waals surface area contributed by atoms with Crippen molar-refractivity contribution in [2.75, 3.05) is 19.8 Å². The average Bonchev–Trinajstić information content (AvgIpc) is 2.57. The van der Waals surface area contributed by atoms with Gasteiger partial charge < -0.3 is 20.7 Å². The van der Waals surface area contributed by atoms with Gasteiger partial charge in [0.2, 0.25) is 0 Å². The molecule has 0 unspecified atom stereocenters. The molecule has 1 rings (SSSR count). The standard InChI is InChI=1S/C18H33NO3Si/c1-4-23(2,3)13-5-12-22-17-8-6-16(7-9-17)10-11-18(19,14-20)15-21/h6-9,20-21H,4-5,10-15,19H2,1-3H3. The Labute approximate surface area is 141 Å². The molecule has 0 saturated carbocycles. The minimum atomic E-state index is -0.993. The Hall–Kier alpha value is -0.883. The highest BCUT2D eigenvalue weighted by Gasteiger charge is 2.22. The van der Waals surface area contributed by atoms with Crippen molar-refractivity contribution < 1.29 is 14.9 Å². The number of nitrogens with two attached hydrogens (primary N) is 1. The zero-order valence-corrected chi connectivity index (χ0v) is 15.8. The average molecular weight is 340 g/mol. The first-order valence-electron chi connectivity index (χ1n) is 8.56. The molecule has 0 radical (unpaired) electrons. The minimum Gasteiger partial charge on any atom is -0.494 e. The number of benzene rings is 1. The van der Waals surface area contributed by atoms with Gasteiger partial charge in [0, 0.05) is 8.07 Å². The Morgan fingerprint density at radius 3 is 2.26 bits per heavy atom. The van der Waals surface area contributed by atoms with Crippen molar-refractivity contribution in [2.45, 2.75) is 56.9 Å². The van der Waals surface area contributed by atoms with Gasteiger partial charge in [-0.2, -0.15) is 0 Å². The topological polar surface area (TPSA) is 75.7 Å². The highest BCUT2D eigenvalue weighted by molar-refractivity contribution is 6.77. The van der Waals surface area contributed by atoms with Crippen LogP contribution in [0.15, 0.2) is 24.3 Å². The van der Waals surface area contributed by atoms with Crippen molar-refractivity contribution in [3.8, 4) is 5.75 Å². The third-order valence-electron chi connectivity index (χ3n) is 4.69. The van der Waals surface area contributed by atoms with Gasteiger partial charge in [-0.3, -0.25) is 0 Å². The normalized spacial score (nSPS) is 12.4. The second-order valence-corrected chi connectivity index (χ2v) is 12.8. The van der Waals surface area contributed by atoms with Crippen LogP contribution in [-0.4, -0.2) is 43.6 Å². The summed E-state index contributed by atoms with van der Waals surface area (Å²) in [4.78, 5) is 0. The summed E-state index contributed by atoms with van der Waals surface area (Å²) in [5.41, 5.74) is 6.12. The van der Waals surface area contributed by atoms with E-state index in [2.05, 4.69) is 20.0 Å². The fourth-order valence-corrected chi connectivity index (χ4v) is 3.73. The number of aryl methyl sites for hydroxylation is 1. The highest BCUT2D eigenvalue weighted by Crippen LogP contribution is 2.19. The zero-order chi connectivity index (χ0) is 17.3. The van der Waals surface area contributed by atoms with Crippen LogP contribution in [0.2, 0.25) is 25.2 Å². The van der Waals surface area contributed by atoms with Crippen LogP contribution in [0.5, 0.6) is 5.75 Å². The molecule has 4 nitrogen and oxygen atoms in total. The summed E-state index contributed by atoms with van der Waals surface area (Å²) in [7, 11) is -0.993. The van der Waals surface area contributed by atoms with Gasteiger partial charge in [-0.05, 0) is 37.0 Å². The molecule has 0 aromatic heterocycles. The van der Waals surface area contributed by atoms with Crippen molar-refractivity contribution in [2.24, 2.45) is 5.73 Å². The fraction of sp³-hybridized carbons (Fsp3) is 0.667. The highest BCUT2D eigenvalue weighted by atomic mass is 28.3. The second kappa shape index (κ2) is 9.42. The van der Waals surface area contributed by atoms with Crippen LogP contribution >= 0.6 is 0 Å². The van der Waals surface area contributed by atoms with Gasteiger partial charge in [0.25, 0.3) is 0 Å². The lowest BCUT2D eigenvalue weighted by Gasteiger charge is -2.24. The Balaban J connectivity index is 2.36. The largest absolute Gasteiger partial charge is 0.494 e. The van der Waals surface area contributed by atoms with E-state index in [0.29, 0.717) is 6.42 Å². The first kappa shape index (κ1) is 20.2. The predicted molar refractivity (Wildman–Crippen MR) is 98.7 cm³/mol. The Morgan fingerprint density at radius 2 is 1.74 bits per heavy atom. The van der Waals surface area contributed by atoms with Gasteiger partial charge in [-0.25, -0.2) is 0 Å². The molecule has 0 aliphatic rings. The minimum absolute atomic E-state index is 0.206. The van der Waals surface area contributed by atoms with Crippen LogP contribution in [0.1, 0.15) is 25.3 Å². The molecule has 0 aliphatic carbocycles. The Kier molecular flexibility index (Phi) is 8.26. The molecule has 0 atom stereocenters. The quantitative estimate of drug-likeness (QED) is 0.428. The molecule has 0 heterocycles. The Bertz CT molecular complexity index is 444. The van der Waals surface area contributed by atoms with Crippen molar-refractivity contribution >= 4 is 8.07 Å². The lowest BCUT2D eigenvalue weighted by molar-refractivity contribution is 0.115. The van der Waals surface area contributed by atoms with Crippen LogP contribution < -0.4 is 10.5 Å². The summed E-state index contributed by atoms with van der Waals surface area (Å²) in [6.45, 7) is 7.51.